The lowest BCUT2D eigenvalue weighted by atomic mass is 9.90. The lowest BCUT2D eigenvalue weighted by Gasteiger charge is -2.39. The largest absolute Gasteiger partial charge is 0.338 e. The highest BCUT2D eigenvalue weighted by Crippen LogP contribution is 2.23. The molecule has 2 atom stereocenters. The van der Waals surface area contributed by atoms with Gasteiger partial charge in [0.1, 0.15) is 0 Å². The van der Waals surface area contributed by atoms with Crippen molar-refractivity contribution in [1.82, 2.24) is 9.62 Å². The molecular formula is C17H27N3O3S. The summed E-state index contributed by atoms with van der Waals surface area (Å²) in [4.78, 5) is 14.7. The minimum absolute atomic E-state index is 0.129. The molecule has 0 radical (unpaired) electrons. The molecule has 0 saturated carbocycles. The first-order chi connectivity index (χ1) is 11.4. The maximum atomic E-state index is 12.5. The Morgan fingerprint density at radius 1 is 1.33 bits per heavy atom. The Morgan fingerprint density at radius 2 is 2.00 bits per heavy atom. The fourth-order valence-corrected chi connectivity index (χ4v) is 4.00. The van der Waals surface area contributed by atoms with E-state index in [1.165, 1.54) is 7.05 Å². The normalized spacial score (nSPS) is 21.7. The van der Waals surface area contributed by atoms with Crippen LogP contribution in [0.5, 0.6) is 0 Å². The van der Waals surface area contributed by atoms with Gasteiger partial charge in [-0.1, -0.05) is 19.1 Å². The van der Waals surface area contributed by atoms with Crippen LogP contribution in [0.25, 0.3) is 0 Å². The molecule has 1 amide bonds. The standard InChI is InChI=1S/C17H27N3O3S/c1-13-4-3-11-20(16(13)12-18)17(21)10-7-14-5-8-15(9-6-14)24(22,23)19-2/h5-6,8-9,13,16,19H,3-4,7,10-12,18H2,1-2H3. The van der Waals surface area contributed by atoms with E-state index < -0.39 is 10.0 Å². The summed E-state index contributed by atoms with van der Waals surface area (Å²) in [6.45, 7) is 3.44. The van der Waals surface area contributed by atoms with Crippen LogP contribution < -0.4 is 10.5 Å². The fraction of sp³-hybridized carbons (Fsp3) is 0.588. The number of nitrogens with two attached hydrogens (primary N) is 1. The lowest BCUT2D eigenvalue weighted by molar-refractivity contribution is -0.136. The van der Waals surface area contributed by atoms with Crippen molar-refractivity contribution in [3.8, 4) is 0 Å². The summed E-state index contributed by atoms with van der Waals surface area (Å²) in [5.41, 5.74) is 6.79. The molecule has 0 bridgehead atoms. The van der Waals surface area contributed by atoms with Crippen LogP contribution in [-0.2, 0) is 21.2 Å². The molecule has 1 heterocycles. The molecule has 2 unspecified atom stereocenters. The van der Waals surface area contributed by atoms with Crippen LogP contribution in [0.15, 0.2) is 29.2 Å². The first-order valence-corrected chi connectivity index (χ1v) is 9.89. The molecule has 0 aromatic heterocycles. The third-order valence-corrected chi connectivity index (χ3v) is 6.24. The van der Waals surface area contributed by atoms with Crippen LogP contribution in [0.3, 0.4) is 0 Å². The van der Waals surface area contributed by atoms with E-state index in [-0.39, 0.29) is 16.8 Å². The van der Waals surface area contributed by atoms with Gasteiger partial charge in [-0.25, -0.2) is 13.1 Å². The van der Waals surface area contributed by atoms with Crippen molar-refractivity contribution in [2.24, 2.45) is 11.7 Å². The van der Waals surface area contributed by atoms with Gasteiger partial charge in [-0.2, -0.15) is 0 Å². The quantitative estimate of drug-likeness (QED) is 0.801. The summed E-state index contributed by atoms with van der Waals surface area (Å²) in [6, 6.07) is 6.79. The average molecular weight is 353 g/mol. The van der Waals surface area contributed by atoms with Gasteiger partial charge in [-0.15, -0.1) is 0 Å². The second kappa shape index (κ2) is 8.09. The zero-order chi connectivity index (χ0) is 17.7. The van der Waals surface area contributed by atoms with Crippen LogP contribution in [0.2, 0.25) is 0 Å². The van der Waals surface area contributed by atoms with E-state index in [9.17, 15) is 13.2 Å². The van der Waals surface area contributed by atoms with Crippen molar-refractivity contribution < 1.29 is 13.2 Å². The van der Waals surface area contributed by atoms with Gasteiger partial charge in [0.15, 0.2) is 0 Å². The van der Waals surface area contributed by atoms with E-state index in [1.54, 1.807) is 24.3 Å². The number of piperidine rings is 1. The predicted octanol–water partition coefficient (Wildman–Crippen LogP) is 1.11. The molecule has 1 fully saturated rings. The number of hydrogen-bond acceptors (Lipinski definition) is 4. The molecule has 1 aliphatic heterocycles. The molecule has 0 aliphatic carbocycles. The molecular weight excluding hydrogens is 326 g/mol. The highest BCUT2D eigenvalue weighted by Gasteiger charge is 2.30. The molecule has 1 aromatic rings. The van der Waals surface area contributed by atoms with Crippen LogP contribution in [0, 0.1) is 5.92 Å². The molecule has 0 spiro atoms. The Bertz CT molecular complexity index is 658. The van der Waals surface area contributed by atoms with E-state index in [4.69, 9.17) is 5.73 Å². The highest BCUT2D eigenvalue weighted by atomic mass is 32.2. The summed E-state index contributed by atoms with van der Waals surface area (Å²) in [7, 11) is -2.03. The van der Waals surface area contributed by atoms with Crippen molar-refractivity contribution >= 4 is 15.9 Å². The topological polar surface area (TPSA) is 92.5 Å². The minimum Gasteiger partial charge on any atom is -0.338 e. The monoisotopic (exact) mass is 353 g/mol. The number of carbonyl (C=O) groups excluding carboxylic acids is 1. The third-order valence-electron chi connectivity index (χ3n) is 4.81. The Morgan fingerprint density at radius 3 is 2.58 bits per heavy atom. The van der Waals surface area contributed by atoms with Crippen molar-refractivity contribution in [3.05, 3.63) is 29.8 Å². The van der Waals surface area contributed by atoms with E-state index in [2.05, 4.69) is 11.6 Å². The van der Waals surface area contributed by atoms with Crippen LogP contribution in [0.1, 0.15) is 31.7 Å². The summed E-state index contributed by atoms with van der Waals surface area (Å²) in [5.74, 6) is 0.572. The minimum atomic E-state index is -3.42. The first-order valence-electron chi connectivity index (χ1n) is 8.41. The summed E-state index contributed by atoms with van der Waals surface area (Å²) in [5, 5.41) is 0. The number of carbonyl (C=O) groups is 1. The predicted molar refractivity (Wildman–Crippen MR) is 94.0 cm³/mol. The summed E-state index contributed by atoms with van der Waals surface area (Å²) in [6.07, 6.45) is 3.16. The number of nitrogens with zero attached hydrogens (tertiary/aromatic N) is 1. The first kappa shape index (κ1) is 18.9. The second-order valence-electron chi connectivity index (χ2n) is 6.36. The third kappa shape index (κ3) is 4.34. The number of nitrogens with one attached hydrogen (secondary N) is 1. The average Bonchev–Trinajstić information content (AvgIpc) is 2.59. The second-order valence-corrected chi connectivity index (χ2v) is 8.25. The molecule has 1 saturated heterocycles. The summed E-state index contributed by atoms with van der Waals surface area (Å²) >= 11 is 0. The van der Waals surface area contributed by atoms with E-state index in [0.717, 1.165) is 24.9 Å². The van der Waals surface area contributed by atoms with Crippen molar-refractivity contribution in [3.63, 3.8) is 0 Å². The summed E-state index contributed by atoms with van der Waals surface area (Å²) < 4.78 is 25.7. The van der Waals surface area contributed by atoms with Crippen molar-refractivity contribution in [2.75, 3.05) is 20.1 Å². The number of sulfonamides is 1. The zero-order valence-corrected chi connectivity index (χ0v) is 15.2. The molecule has 134 valence electrons. The van der Waals surface area contributed by atoms with E-state index in [1.807, 2.05) is 4.90 Å². The number of likely N-dealkylation sites (tertiary alicyclic amines) is 1. The number of aryl methyl sites for hydroxylation is 1. The molecule has 24 heavy (non-hydrogen) atoms. The lowest BCUT2D eigenvalue weighted by Crippen LogP contribution is -2.51. The maximum absolute atomic E-state index is 12.5. The van der Waals surface area contributed by atoms with Gasteiger partial charge in [0.25, 0.3) is 0 Å². The van der Waals surface area contributed by atoms with Crippen LogP contribution in [0.4, 0.5) is 0 Å². The molecule has 1 aliphatic rings. The number of benzene rings is 1. The molecule has 6 nitrogen and oxygen atoms in total. The van der Waals surface area contributed by atoms with Gasteiger partial charge in [0.05, 0.1) is 4.90 Å². The molecule has 2 rings (SSSR count). The number of hydrogen-bond donors (Lipinski definition) is 2. The molecule has 1 aromatic carbocycles. The van der Waals surface area contributed by atoms with Gasteiger partial charge in [0, 0.05) is 25.6 Å². The molecule has 7 heteroatoms. The SMILES string of the molecule is CNS(=O)(=O)c1ccc(CCC(=O)N2CCCC(C)C2CN)cc1. The van der Waals surface area contributed by atoms with Crippen molar-refractivity contribution in [1.29, 1.82) is 0 Å². The maximum Gasteiger partial charge on any atom is 0.240 e. The van der Waals surface area contributed by atoms with E-state index in [0.29, 0.717) is 25.3 Å². The highest BCUT2D eigenvalue weighted by molar-refractivity contribution is 7.89. The Balaban J connectivity index is 1.96. The number of amides is 1. The van der Waals surface area contributed by atoms with E-state index >= 15 is 0 Å². The van der Waals surface area contributed by atoms with Gasteiger partial charge < -0.3 is 10.6 Å². The van der Waals surface area contributed by atoms with Gasteiger partial charge >= 0.3 is 0 Å². The zero-order valence-electron chi connectivity index (χ0n) is 14.4. The Hall–Kier alpha value is -1.44. The fourth-order valence-electron chi connectivity index (χ4n) is 3.27. The Labute approximate surface area is 144 Å². The van der Waals surface area contributed by atoms with Gasteiger partial charge in [-0.05, 0) is 49.9 Å². The van der Waals surface area contributed by atoms with Crippen molar-refractivity contribution in [2.45, 2.75) is 43.5 Å². The van der Waals surface area contributed by atoms with Gasteiger partial charge in [0.2, 0.25) is 15.9 Å². The van der Waals surface area contributed by atoms with Crippen LogP contribution >= 0.6 is 0 Å². The molecule has 3 N–H and O–H groups in total. The number of rotatable bonds is 6. The van der Waals surface area contributed by atoms with Gasteiger partial charge in [-0.3, -0.25) is 4.79 Å². The smallest absolute Gasteiger partial charge is 0.240 e. The Kier molecular flexibility index (Phi) is 6.37. The van der Waals surface area contributed by atoms with Crippen LogP contribution in [-0.4, -0.2) is 45.4 Å².